The number of fused-ring (bicyclic) bond motifs is 1. The van der Waals surface area contributed by atoms with Gasteiger partial charge in [-0.05, 0) is 69.8 Å². The van der Waals surface area contributed by atoms with E-state index >= 15 is 0 Å². The van der Waals surface area contributed by atoms with Crippen LogP contribution in [-0.4, -0.2) is 33.6 Å². The van der Waals surface area contributed by atoms with Crippen molar-refractivity contribution in [1.29, 1.82) is 0 Å². The van der Waals surface area contributed by atoms with Gasteiger partial charge in [-0.3, -0.25) is 9.36 Å². The highest BCUT2D eigenvalue weighted by molar-refractivity contribution is 5.84. The van der Waals surface area contributed by atoms with E-state index in [4.69, 9.17) is 0 Å². The van der Waals surface area contributed by atoms with Gasteiger partial charge in [0.15, 0.2) is 11.6 Å². The van der Waals surface area contributed by atoms with Gasteiger partial charge in [0.05, 0.1) is 10.9 Å². The average Bonchev–Trinajstić information content (AvgIpc) is 2.74. The molecular weight excluding hydrogens is 403 g/mol. The van der Waals surface area contributed by atoms with Crippen molar-refractivity contribution in [2.24, 2.45) is 5.92 Å². The number of nitrogens with zero attached hydrogens (tertiary/aromatic N) is 3. The van der Waals surface area contributed by atoms with Crippen LogP contribution < -0.4 is 5.56 Å². The number of piperidine rings is 1. The zero-order valence-corrected chi connectivity index (χ0v) is 18.0. The van der Waals surface area contributed by atoms with Crippen LogP contribution in [0.25, 0.3) is 22.0 Å². The van der Waals surface area contributed by atoms with Gasteiger partial charge in [-0.1, -0.05) is 6.07 Å². The van der Waals surface area contributed by atoms with E-state index in [9.17, 15) is 18.0 Å². The fraction of sp³-hybridized carbons (Fsp3) is 0.417. The second-order valence-electron chi connectivity index (χ2n) is 8.65. The first kappa shape index (κ1) is 21.6. The molecular formula is C24H26F3N3O. The second kappa shape index (κ2) is 8.46. The summed E-state index contributed by atoms with van der Waals surface area (Å²) >= 11 is 0. The van der Waals surface area contributed by atoms with Gasteiger partial charge in [-0.25, -0.2) is 18.2 Å². The van der Waals surface area contributed by atoms with E-state index in [1.165, 1.54) is 6.07 Å². The molecule has 0 bridgehead atoms. The van der Waals surface area contributed by atoms with Gasteiger partial charge in [0.25, 0.3) is 5.56 Å². The molecule has 1 fully saturated rings. The van der Waals surface area contributed by atoms with E-state index in [1.54, 1.807) is 16.7 Å². The van der Waals surface area contributed by atoms with Crippen molar-refractivity contribution in [3.63, 3.8) is 0 Å². The molecule has 164 valence electrons. The Morgan fingerprint density at radius 1 is 1.10 bits per heavy atom. The molecule has 31 heavy (non-hydrogen) atoms. The summed E-state index contributed by atoms with van der Waals surface area (Å²) < 4.78 is 42.9. The average molecular weight is 429 g/mol. The Kier molecular flexibility index (Phi) is 5.88. The van der Waals surface area contributed by atoms with Gasteiger partial charge in [-0.2, -0.15) is 0 Å². The third kappa shape index (κ3) is 4.24. The lowest BCUT2D eigenvalue weighted by atomic mass is 9.96. The summed E-state index contributed by atoms with van der Waals surface area (Å²) in [4.78, 5) is 20.3. The van der Waals surface area contributed by atoms with Crippen molar-refractivity contribution >= 4 is 10.9 Å². The molecule has 1 aliphatic rings. The molecule has 7 heteroatoms. The first-order valence-corrected chi connectivity index (χ1v) is 10.6. The molecule has 1 saturated heterocycles. The summed E-state index contributed by atoms with van der Waals surface area (Å²) in [7, 11) is 0. The molecule has 0 aliphatic carbocycles. The molecule has 2 heterocycles. The Bertz CT molecular complexity index is 1190. The van der Waals surface area contributed by atoms with Crippen LogP contribution in [0.1, 0.15) is 32.5 Å². The quantitative estimate of drug-likeness (QED) is 0.553. The summed E-state index contributed by atoms with van der Waals surface area (Å²) in [5.74, 6) is -2.29. The third-order valence-corrected chi connectivity index (χ3v) is 6.19. The van der Waals surface area contributed by atoms with Gasteiger partial charge in [0.2, 0.25) is 0 Å². The minimum Gasteiger partial charge on any atom is -0.301 e. The summed E-state index contributed by atoms with van der Waals surface area (Å²) in [6.45, 7) is 8.74. The van der Waals surface area contributed by atoms with E-state index in [0.717, 1.165) is 32.0 Å². The van der Waals surface area contributed by atoms with Crippen molar-refractivity contribution in [1.82, 2.24) is 14.5 Å². The first-order valence-electron chi connectivity index (χ1n) is 10.6. The van der Waals surface area contributed by atoms with E-state index in [1.807, 2.05) is 6.92 Å². The minimum atomic E-state index is -1.25. The van der Waals surface area contributed by atoms with Gasteiger partial charge < -0.3 is 4.90 Å². The third-order valence-electron chi connectivity index (χ3n) is 6.19. The van der Waals surface area contributed by atoms with Crippen LogP contribution in [0.4, 0.5) is 13.2 Å². The van der Waals surface area contributed by atoms with E-state index < -0.39 is 17.5 Å². The molecule has 0 radical (unpaired) electrons. The molecule has 4 rings (SSSR count). The van der Waals surface area contributed by atoms with Crippen LogP contribution in [0.2, 0.25) is 0 Å². The Labute approximate surface area is 179 Å². The molecule has 1 atom stereocenters. The Morgan fingerprint density at radius 3 is 2.58 bits per heavy atom. The zero-order chi connectivity index (χ0) is 22.3. The Morgan fingerprint density at radius 2 is 1.84 bits per heavy atom. The van der Waals surface area contributed by atoms with Crippen LogP contribution in [0, 0.1) is 30.3 Å². The van der Waals surface area contributed by atoms with Crippen molar-refractivity contribution in [2.45, 2.75) is 46.2 Å². The van der Waals surface area contributed by atoms with Crippen molar-refractivity contribution in [3.05, 3.63) is 64.0 Å². The van der Waals surface area contributed by atoms with Crippen LogP contribution in [0.3, 0.4) is 0 Å². The van der Waals surface area contributed by atoms with Gasteiger partial charge in [0, 0.05) is 30.8 Å². The molecule has 4 nitrogen and oxygen atoms in total. The van der Waals surface area contributed by atoms with Crippen LogP contribution in [-0.2, 0) is 6.54 Å². The van der Waals surface area contributed by atoms with Crippen LogP contribution in [0.15, 0.2) is 35.1 Å². The standard InChI is InChI=1S/C24H26F3N3O/c1-14(2)29-8-4-5-16(12-29)13-30-15(3)28-23-7-6-17(9-19(23)24(30)31)18-10-21(26)22(27)11-20(18)25/h6-7,9-11,14,16H,4-5,8,12-13H2,1-3H3/t16-/m0/s1. The fourth-order valence-corrected chi connectivity index (χ4v) is 4.43. The maximum atomic E-state index is 14.3. The van der Waals surface area contributed by atoms with Crippen molar-refractivity contribution in [3.8, 4) is 11.1 Å². The monoisotopic (exact) mass is 429 g/mol. The lowest BCUT2D eigenvalue weighted by molar-refractivity contribution is 0.129. The number of hydrogen-bond donors (Lipinski definition) is 0. The normalized spacial score (nSPS) is 17.6. The largest absolute Gasteiger partial charge is 0.301 e. The predicted molar refractivity (Wildman–Crippen MR) is 115 cm³/mol. The summed E-state index contributed by atoms with van der Waals surface area (Å²) in [5.41, 5.74) is 0.515. The highest BCUT2D eigenvalue weighted by atomic mass is 19.2. The second-order valence-corrected chi connectivity index (χ2v) is 8.65. The number of likely N-dealkylation sites (tertiary alicyclic amines) is 1. The van der Waals surface area contributed by atoms with Gasteiger partial charge in [0.1, 0.15) is 11.6 Å². The summed E-state index contributed by atoms with van der Waals surface area (Å²) in [6, 6.07) is 6.49. The molecule has 3 aromatic rings. The maximum absolute atomic E-state index is 14.3. The Balaban J connectivity index is 1.73. The fourth-order valence-electron chi connectivity index (χ4n) is 4.43. The molecule has 1 aromatic heterocycles. The number of aryl methyl sites for hydroxylation is 1. The predicted octanol–water partition coefficient (Wildman–Crippen LogP) is 4.91. The molecule has 0 spiro atoms. The van der Waals surface area contributed by atoms with Crippen molar-refractivity contribution < 1.29 is 13.2 Å². The molecule has 1 aliphatic heterocycles. The SMILES string of the molecule is Cc1nc2ccc(-c3cc(F)c(F)cc3F)cc2c(=O)n1C[C@H]1CCCN(C(C)C)C1. The first-order chi connectivity index (χ1) is 14.7. The minimum absolute atomic E-state index is 0.0906. The maximum Gasteiger partial charge on any atom is 0.261 e. The lowest BCUT2D eigenvalue weighted by Gasteiger charge is -2.35. The van der Waals surface area contributed by atoms with E-state index in [2.05, 4.69) is 23.7 Å². The van der Waals surface area contributed by atoms with Gasteiger partial charge in [-0.15, -0.1) is 0 Å². The molecule has 0 unspecified atom stereocenters. The van der Waals surface area contributed by atoms with Crippen LogP contribution in [0.5, 0.6) is 0 Å². The number of halogens is 3. The zero-order valence-electron chi connectivity index (χ0n) is 18.0. The molecule has 0 N–H and O–H groups in total. The van der Waals surface area contributed by atoms with E-state index in [0.29, 0.717) is 46.9 Å². The number of aromatic nitrogens is 2. The Hall–Kier alpha value is -2.67. The lowest BCUT2D eigenvalue weighted by Crippen LogP contribution is -2.42. The van der Waals surface area contributed by atoms with E-state index in [-0.39, 0.29) is 11.1 Å². The molecule has 2 aromatic carbocycles. The molecule has 0 saturated carbocycles. The highest BCUT2D eigenvalue weighted by Crippen LogP contribution is 2.27. The summed E-state index contributed by atoms with van der Waals surface area (Å²) in [5, 5.41) is 0.337. The summed E-state index contributed by atoms with van der Waals surface area (Å²) in [6.07, 6.45) is 2.14. The highest BCUT2D eigenvalue weighted by Gasteiger charge is 2.23. The van der Waals surface area contributed by atoms with Crippen molar-refractivity contribution in [2.75, 3.05) is 13.1 Å². The topological polar surface area (TPSA) is 38.1 Å². The van der Waals surface area contributed by atoms with Gasteiger partial charge >= 0.3 is 0 Å². The number of benzene rings is 2. The number of hydrogen-bond acceptors (Lipinski definition) is 3. The molecule has 0 amide bonds. The smallest absolute Gasteiger partial charge is 0.261 e. The van der Waals surface area contributed by atoms with Crippen LogP contribution >= 0.6 is 0 Å². The number of rotatable bonds is 4.